The maximum atomic E-state index is 11.8. The summed E-state index contributed by atoms with van der Waals surface area (Å²) in [6, 6.07) is 9.88. The molecule has 1 aliphatic carbocycles. The van der Waals surface area contributed by atoms with Crippen LogP contribution in [0.1, 0.15) is 37.7 Å². The number of benzene rings is 1. The first-order valence-corrected chi connectivity index (χ1v) is 7.68. The molecular formula is C18H21ClN2O2. The number of nitrogens with two attached hydrogens (primary N) is 1. The predicted octanol–water partition coefficient (Wildman–Crippen LogP) is 3.61. The third kappa shape index (κ3) is 3.32. The lowest BCUT2D eigenvalue weighted by atomic mass is 9.78. The summed E-state index contributed by atoms with van der Waals surface area (Å²) in [7, 11) is 0. The highest BCUT2D eigenvalue weighted by Gasteiger charge is 2.46. The van der Waals surface area contributed by atoms with Gasteiger partial charge in [-0.3, -0.25) is 10.2 Å². The van der Waals surface area contributed by atoms with Gasteiger partial charge in [0.25, 0.3) is 5.91 Å². The molecule has 2 aliphatic rings. The second kappa shape index (κ2) is 7.01. The molecule has 1 heterocycles. The Morgan fingerprint density at radius 2 is 1.78 bits per heavy atom. The van der Waals surface area contributed by atoms with E-state index in [0.717, 1.165) is 36.8 Å². The summed E-state index contributed by atoms with van der Waals surface area (Å²) >= 11 is 0. The number of primary amides is 1. The zero-order valence-electron chi connectivity index (χ0n) is 12.9. The molecule has 0 unspecified atom stereocenters. The van der Waals surface area contributed by atoms with Crippen LogP contribution in [0, 0.1) is 5.41 Å². The molecule has 1 amide bonds. The van der Waals surface area contributed by atoms with E-state index in [1.807, 2.05) is 42.5 Å². The number of hydrogen-bond donors (Lipinski definition) is 2. The number of carbonyl (C=O) groups excluding carboxylic acids is 1. The van der Waals surface area contributed by atoms with E-state index in [-0.39, 0.29) is 23.9 Å². The van der Waals surface area contributed by atoms with Crippen LogP contribution in [-0.2, 0) is 9.53 Å². The first-order chi connectivity index (χ1) is 10.6. The highest BCUT2D eigenvalue weighted by atomic mass is 35.5. The first kappa shape index (κ1) is 17.3. The van der Waals surface area contributed by atoms with E-state index in [2.05, 4.69) is 0 Å². The summed E-state index contributed by atoms with van der Waals surface area (Å²) in [6.45, 7) is 0. The molecule has 4 nitrogen and oxygen atoms in total. The van der Waals surface area contributed by atoms with Crippen molar-refractivity contribution in [3.05, 3.63) is 53.1 Å². The molecule has 0 atom stereocenters. The summed E-state index contributed by atoms with van der Waals surface area (Å²) < 4.78 is 5.82. The normalized spacial score (nSPS) is 19.7. The van der Waals surface area contributed by atoms with Crippen molar-refractivity contribution in [2.24, 2.45) is 5.73 Å². The van der Waals surface area contributed by atoms with Crippen LogP contribution in [-0.4, -0.2) is 17.4 Å². The average molecular weight is 333 g/mol. The molecule has 3 N–H and O–H groups in total. The molecule has 3 rings (SSSR count). The van der Waals surface area contributed by atoms with Gasteiger partial charge in [0, 0.05) is 5.57 Å². The zero-order chi connectivity index (χ0) is 15.6. The number of amides is 1. The summed E-state index contributed by atoms with van der Waals surface area (Å²) in [4.78, 5) is 11.8. The van der Waals surface area contributed by atoms with Crippen molar-refractivity contribution in [2.75, 3.05) is 0 Å². The minimum atomic E-state index is -0.583. The Bertz CT molecular complexity index is 659. The Hall–Kier alpha value is -2.07. The molecular weight excluding hydrogens is 312 g/mol. The molecule has 0 bridgehead atoms. The van der Waals surface area contributed by atoms with E-state index in [0.29, 0.717) is 0 Å². The van der Waals surface area contributed by atoms with E-state index < -0.39 is 11.5 Å². The van der Waals surface area contributed by atoms with Gasteiger partial charge in [-0.2, -0.15) is 0 Å². The molecule has 23 heavy (non-hydrogen) atoms. The standard InChI is InChI=1S/C18H20N2O2.ClH/c19-16(21)15-14(10-9-13-7-3-1-4-8-13)18(22-17(15)20)11-5-2-6-12-18;/h1,3-4,7-10,20H,2,5-6,11-12H2,(H2,19,21);1H/b10-9+,20-17?;. The lowest BCUT2D eigenvalue weighted by Crippen LogP contribution is -2.33. The summed E-state index contributed by atoms with van der Waals surface area (Å²) in [5.74, 6) is -0.665. The number of rotatable bonds is 3. The fourth-order valence-electron chi connectivity index (χ4n) is 3.37. The van der Waals surface area contributed by atoms with E-state index in [1.165, 1.54) is 6.42 Å². The van der Waals surface area contributed by atoms with Gasteiger partial charge in [0.15, 0.2) is 0 Å². The van der Waals surface area contributed by atoms with Crippen molar-refractivity contribution in [1.82, 2.24) is 0 Å². The van der Waals surface area contributed by atoms with Crippen LogP contribution in [0.3, 0.4) is 0 Å². The van der Waals surface area contributed by atoms with Gasteiger partial charge in [-0.25, -0.2) is 0 Å². The number of ether oxygens (including phenoxy) is 1. The molecule has 1 saturated carbocycles. The van der Waals surface area contributed by atoms with Crippen LogP contribution in [0.2, 0.25) is 0 Å². The second-order valence-electron chi connectivity index (χ2n) is 5.88. The van der Waals surface area contributed by atoms with E-state index in [4.69, 9.17) is 15.9 Å². The Kier molecular flexibility index (Phi) is 5.26. The second-order valence-corrected chi connectivity index (χ2v) is 5.88. The Morgan fingerprint density at radius 1 is 1.13 bits per heavy atom. The molecule has 1 fully saturated rings. The van der Waals surface area contributed by atoms with Gasteiger partial charge in [-0.1, -0.05) is 48.9 Å². The number of hydrogen-bond acceptors (Lipinski definition) is 3. The largest absolute Gasteiger partial charge is 0.466 e. The van der Waals surface area contributed by atoms with Gasteiger partial charge in [0.2, 0.25) is 5.90 Å². The van der Waals surface area contributed by atoms with Gasteiger partial charge in [-0.15, -0.1) is 12.4 Å². The number of carbonyl (C=O) groups is 1. The third-order valence-corrected chi connectivity index (χ3v) is 4.43. The lowest BCUT2D eigenvalue weighted by molar-refractivity contribution is -0.114. The summed E-state index contributed by atoms with van der Waals surface area (Å²) in [6.07, 6.45) is 8.78. The van der Waals surface area contributed by atoms with Crippen LogP contribution < -0.4 is 5.73 Å². The fourth-order valence-corrected chi connectivity index (χ4v) is 3.37. The molecule has 1 aromatic carbocycles. The van der Waals surface area contributed by atoms with Crippen LogP contribution >= 0.6 is 12.4 Å². The van der Waals surface area contributed by atoms with Crippen LogP contribution in [0.15, 0.2) is 47.6 Å². The maximum absolute atomic E-state index is 11.8. The topological polar surface area (TPSA) is 76.2 Å². The highest BCUT2D eigenvalue weighted by molar-refractivity contribution is 6.19. The van der Waals surface area contributed by atoms with Gasteiger partial charge < -0.3 is 10.5 Å². The first-order valence-electron chi connectivity index (χ1n) is 7.68. The van der Waals surface area contributed by atoms with Crippen molar-refractivity contribution in [1.29, 1.82) is 5.41 Å². The zero-order valence-corrected chi connectivity index (χ0v) is 13.7. The molecule has 0 radical (unpaired) electrons. The monoisotopic (exact) mass is 332 g/mol. The van der Waals surface area contributed by atoms with Gasteiger partial charge >= 0.3 is 0 Å². The fraction of sp³-hybridized carbons (Fsp3) is 0.333. The van der Waals surface area contributed by atoms with Gasteiger partial charge in [0.1, 0.15) is 11.2 Å². The van der Waals surface area contributed by atoms with Gasteiger partial charge in [-0.05, 0) is 31.2 Å². The van der Waals surface area contributed by atoms with E-state index >= 15 is 0 Å². The lowest BCUT2D eigenvalue weighted by Gasteiger charge is -2.34. The molecule has 1 aromatic rings. The third-order valence-electron chi connectivity index (χ3n) is 4.43. The van der Waals surface area contributed by atoms with Crippen molar-refractivity contribution < 1.29 is 9.53 Å². The van der Waals surface area contributed by atoms with Crippen molar-refractivity contribution in [3.63, 3.8) is 0 Å². The Morgan fingerprint density at radius 3 is 2.39 bits per heavy atom. The molecule has 0 aromatic heterocycles. The molecule has 122 valence electrons. The predicted molar refractivity (Wildman–Crippen MR) is 93.6 cm³/mol. The quantitative estimate of drug-likeness (QED) is 0.887. The van der Waals surface area contributed by atoms with Crippen LogP contribution in [0.5, 0.6) is 0 Å². The minimum absolute atomic E-state index is 0. The molecule has 1 aliphatic heterocycles. The van der Waals surface area contributed by atoms with Crippen molar-refractivity contribution in [3.8, 4) is 0 Å². The summed E-state index contributed by atoms with van der Waals surface area (Å²) in [5.41, 5.74) is 7.00. The SMILES string of the molecule is Cl.N=C1OC2(CCCCC2)C(/C=C/c2ccccc2)=C1C(N)=O. The highest BCUT2D eigenvalue weighted by Crippen LogP contribution is 2.44. The summed E-state index contributed by atoms with van der Waals surface area (Å²) in [5, 5.41) is 8.00. The van der Waals surface area contributed by atoms with Crippen molar-refractivity contribution in [2.45, 2.75) is 37.7 Å². The van der Waals surface area contributed by atoms with E-state index in [9.17, 15) is 4.79 Å². The van der Waals surface area contributed by atoms with Crippen molar-refractivity contribution >= 4 is 30.3 Å². The average Bonchev–Trinajstić information content (AvgIpc) is 2.78. The molecule has 0 saturated heterocycles. The van der Waals surface area contributed by atoms with Gasteiger partial charge in [0.05, 0.1) is 0 Å². The van der Waals surface area contributed by atoms with Crippen LogP contribution in [0.4, 0.5) is 0 Å². The van der Waals surface area contributed by atoms with E-state index in [1.54, 1.807) is 0 Å². The molecule has 1 spiro atoms. The number of halogens is 1. The molecule has 5 heteroatoms. The smallest absolute Gasteiger partial charge is 0.254 e. The Labute approximate surface area is 142 Å². The minimum Gasteiger partial charge on any atom is -0.466 e. The number of nitrogens with one attached hydrogen (secondary N) is 1. The maximum Gasteiger partial charge on any atom is 0.254 e. The Balaban J connectivity index is 0.00000192. The van der Waals surface area contributed by atoms with Crippen LogP contribution in [0.25, 0.3) is 6.08 Å².